The summed E-state index contributed by atoms with van der Waals surface area (Å²) in [7, 11) is 0. The number of anilines is 1. The van der Waals surface area contributed by atoms with Crippen molar-refractivity contribution in [2.24, 2.45) is 0 Å². The number of nitro benzene ring substituents is 1. The van der Waals surface area contributed by atoms with Crippen molar-refractivity contribution < 1.29 is 19.6 Å². The van der Waals surface area contributed by atoms with Gasteiger partial charge in [0.15, 0.2) is 12.5 Å². The van der Waals surface area contributed by atoms with E-state index < -0.39 is 16.4 Å². The Balaban J connectivity index is 2.00. The smallest absolute Gasteiger partial charge is 0.312 e. The summed E-state index contributed by atoms with van der Waals surface area (Å²) in [4.78, 5) is 23.9. The number of nitrogens with zero attached hydrogens (tertiary/aromatic N) is 2. The number of amides is 1. The Morgan fingerprint density at radius 2 is 2.05 bits per heavy atom. The number of carbonyl (C=O) groups is 1. The van der Waals surface area contributed by atoms with E-state index >= 15 is 0 Å². The van der Waals surface area contributed by atoms with E-state index in [1.165, 1.54) is 17.0 Å². The van der Waals surface area contributed by atoms with Crippen LogP contribution < -0.4 is 9.64 Å². The minimum Gasteiger partial charge on any atom is -0.502 e. The Morgan fingerprint density at radius 3 is 2.77 bits per heavy atom. The van der Waals surface area contributed by atoms with Crippen molar-refractivity contribution in [1.82, 2.24) is 0 Å². The second-order valence-corrected chi connectivity index (χ2v) is 5.49. The average Bonchev–Trinajstić information content (AvgIpc) is 2.48. The number of nitro groups is 1. The molecule has 22 heavy (non-hydrogen) atoms. The van der Waals surface area contributed by atoms with Crippen molar-refractivity contribution in [3.05, 3.63) is 56.5 Å². The van der Waals surface area contributed by atoms with Gasteiger partial charge in [-0.25, -0.2) is 0 Å². The molecule has 0 saturated carbocycles. The van der Waals surface area contributed by atoms with Crippen LogP contribution in [0.2, 0.25) is 0 Å². The number of hydrogen-bond donors (Lipinski definition) is 1. The molecular formula is C14H9BrN2O5. The maximum absolute atomic E-state index is 12.5. The van der Waals surface area contributed by atoms with Gasteiger partial charge >= 0.3 is 5.69 Å². The molecule has 8 heteroatoms. The van der Waals surface area contributed by atoms with Crippen molar-refractivity contribution in [3.8, 4) is 11.5 Å². The lowest BCUT2D eigenvalue weighted by molar-refractivity contribution is -0.385. The Labute approximate surface area is 133 Å². The molecule has 0 aromatic heterocycles. The van der Waals surface area contributed by atoms with E-state index in [-0.39, 0.29) is 18.3 Å². The third-order valence-electron chi connectivity index (χ3n) is 3.24. The molecule has 1 amide bonds. The molecule has 0 radical (unpaired) electrons. The van der Waals surface area contributed by atoms with Gasteiger partial charge < -0.3 is 9.84 Å². The molecule has 3 rings (SSSR count). The molecule has 0 bridgehead atoms. The Morgan fingerprint density at radius 1 is 1.27 bits per heavy atom. The molecule has 0 unspecified atom stereocenters. The Bertz CT molecular complexity index is 793. The van der Waals surface area contributed by atoms with Gasteiger partial charge in [0.05, 0.1) is 16.2 Å². The molecule has 0 atom stereocenters. The maximum atomic E-state index is 12.5. The lowest BCUT2D eigenvalue weighted by Gasteiger charge is -2.28. The fraction of sp³-hybridized carbons (Fsp3) is 0.0714. The van der Waals surface area contributed by atoms with Crippen LogP contribution in [0.4, 0.5) is 11.4 Å². The van der Waals surface area contributed by atoms with Crippen LogP contribution in [-0.2, 0) is 0 Å². The molecule has 1 N–H and O–H groups in total. The van der Waals surface area contributed by atoms with Crippen LogP contribution >= 0.6 is 15.9 Å². The largest absolute Gasteiger partial charge is 0.502 e. The standard InChI is InChI=1S/C14H9BrN2O5/c15-8-1-3-10-13(5-8)22-7-16(14(10)19)9-2-4-12(18)11(6-9)17(20)21/h1-6,18H,7H2. The SMILES string of the molecule is O=C1c2ccc(Br)cc2OCN1c1ccc(O)c([N+](=O)[O-])c1. The number of rotatable bonds is 2. The van der Waals surface area contributed by atoms with Gasteiger partial charge in [-0.3, -0.25) is 19.8 Å². The number of ether oxygens (including phenoxy) is 1. The first-order chi connectivity index (χ1) is 10.5. The van der Waals surface area contributed by atoms with Gasteiger partial charge in [0.1, 0.15) is 5.75 Å². The quantitative estimate of drug-likeness (QED) is 0.652. The van der Waals surface area contributed by atoms with Gasteiger partial charge in [0, 0.05) is 10.5 Å². The van der Waals surface area contributed by atoms with Gasteiger partial charge in [-0.2, -0.15) is 0 Å². The van der Waals surface area contributed by atoms with E-state index in [2.05, 4.69) is 15.9 Å². The van der Waals surface area contributed by atoms with Crippen LogP contribution in [-0.4, -0.2) is 22.7 Å². The van der Waals surface area contributed by atoms with Crippen LogP contribution in [0.1, 0.15) is 10.4 Å². The van der Waals surface area contributed by atoms with E-state index in [4.69, 9.17) is 4.74 Å². The van der Waals surface area contributed by atoms with E-state index in [0.29, 0.717) is 11.3 Å². The van der Waals surface area contributed by atoms with Crippen LogP contribution in [0.3, 0.4) is 0 Å². The number of fused-ring (bicyclic) bond motifs is 1. The van der Waals surface area contributed by atoms with Crippen LogP contribution in [0, 0.1) is 10.1 Å². The average molecular weight is 365 g/mol. The van der Waals surface area contributed by atoms with Gasteiger partial charge in [-0.1, -0.05) is 15.9 Å². The van der Waals surface area contributed by atoms with Crippen molar-refractivity contribution in [2.75, 3.05) is 11.6 Å². The highest BCUT2D eigenvalue weighted by Crippen LogP contribution is 2.34. The lowest BCUT2D eigenvalue weighted by atomic mass is 10.1. The Kier molecular flexibility index (Phi) is 3.45. The summed E-state index contributed by atoms with van der Waals surface area (Å²) in [5, 5.41) is 20.4. The summed E-state index contributed by atoms with van der Waals surface area (Å²) in [6, 6.07) is 8.75. The highest BCUT2D eigenvalue weighted by atomic mass is 79.9. The molecule has 1 heterocycles. The molecule has 0 saturated heterocycles. The minimum atomic E-state index is -0.709. The zero-order chi connectivity index (χ0) is 15.9. The van der Waals surface area contributed by atoms with E-state index in [9.17, 15) is 20.0 Å². The van der Waals surface area contributed by atoms with Gasteiger partial charge in [0.25, 0.3) is 5.91 Å². The number of benzene rings is 2. The zero-order valence-electron chi connectivity index (χ0n) is 11.0. The molecule has 1 aliphatic heterocycles. The summed E-state index contributed by atoms with van der Waals surface area (Å²) in [5.74, 6) is -0.332. The monoisotopic (exact) mass is 364 g/mol. The molecule has 2 aromatic rings. The predicted octanol–water partition coefficient (Wildman–Crippen LogP) is 3.06. The fourth-order valence-electron chi connectivity index (χ4n) is 2.15. The van der Waals surface area contributed by atoms with Gasteiger partial charge in [0.2, 0.25) is 0 Å². The highest BCUT2D eigenvalue weighted by Gasteiger charge is 2.28. The summed E-state index contributed by atoms with van der Waals surface area (Å²) < 4.78 is 6.30. The molecule has 0 aliphatic carbocycles. The highest BCUT2D eigenvalue weighted by molar-refractivity contribution is 9.10. The van der Waals surface area contributed by atoms with E-state index in [0.717, 1.165) is 10.5 Å². The second-order valence-electron chi connectivity index (χ2n) is 4.58. The predicted molar refractivity (Wildman–Crippen MR) is 81.2 cm³/mol. The number of halogens is 1. The van der Waals surface area contributed by atoms with Crippen molar-refractivity contribution in [3.63, 3.8) is 0 Å². The fourth-order valence-corrected chi connectivity index (χ4v) is 2.49. The first-order valence-corrected chi connectivity index (χ1v) is 6.98. The number of phenolic OH excluding ortho intramolecular Hbond substituents is 1. The van der Waals surface area contributed by atoms with Crippen molar-refractivity contribution >= 4 is 33.2 Å². The zero-order valence-corrected chi connectivity index (χ0v) is 12.6. The van der Waals surface area contributed by atoms with E-state index in [1.54, 1.807) is 18.2 Å². The molecule has 0 fully saturated rings. The molecule has 2 aromatic carbocycles. The molecule has 112 valence electrons. The topological polar surface area (TPSA) is 92.9 Å². The number of phenols is 1. The van der Waals surface area contributed by atoms with Crippen molar-refractivity contribution in [2.45, 2.75) is 0 Å². The normalized spacial score (nSPS) is 13.5. The van der Waals surface area contributed by atoms with Gasteiger partial charge in [-0.05, 0) is 30.3 Å². The van der Waals surface area contributed by atoms with Crippen molar-refractivity contribution in [1.29, 1.82) is 0 Å². The first-order valence-electron chi connectivity index (χ1n) is 6.19. The molecule has 1 aliphatic rings. The minimum absolute atomic E-state index is 0.0653. The molecular weight excluding hydrogens is 356 g/mol. The van der Waals surface area contributed by atoms with E-state index in [1.807, 2.05) is 0 Å². The third kappa shape index (κ3) is 2.37. The third-order valence-corrected chi connectivity index (χ3v) is 3.73. The van der Waals surface area contributed by atoms with Crippen LogP contribution in [0.25, 0.3) is 0 Å². The van der Waals surface area contributed by atoms with Crippen LogP contribution in [0.15, 0.2) is 40.9 Å². The lowest BCUT2D eigenvalue weighted by Crippen LogP contribution is -2.38. The first kappa shape index (κ1) is 14.3. The second kappa shape index (κ2) is 5.30. The Hall–Kier alpha value is -2.61. The van der Waals surface area contributed by atoms with Crippen LogP contribution in [0.5, 0.6) is 11.5 Å². The number of hydrogen-bond acceptors (Lipinski definition) is 5. The molecule has 7 nitrogen and oxygen atoms in total. The summed E-state index contributed by atoms with van der Waals surface area (Å²) >= 11 is 3.30. The number of carbonyl (C=O) groups excluding carboxylic acids is 1. The maximum Gasteiger partial charge on any atom is 0.312 e. The summed E-state index contributed by atoms with van der Waals surface area (Å²) in [6.07, 6.45) is 0. The molecule has 0 spiro atoms. The van der Waals surface area contributed by atoms with Gasteiger partial charge in [-0.15, -0.1) is 0 Å². The summed E-state index contributed by atoms with van der Waals surface area (Å²) in [5.41, 5.74) is 0.181. The summed E-state index contributed by atoms with van der Waals surface area (Å²) in [6.45, 7) is -0.0653. The number of aromatic hydroxyl groups is 1.